The van der Waals surface area contributed by atoms with Crippen molar-refractivity contribution < 1.29 is 14.6 Å². The van der Waals surface area contributed by atoms with Crippen LogP contribution in [-0.2, 0) is 11.3 Å². The van der Waals surface area contributed by atoms with Gasteiger partial charge >= 0.3 is 5.97 Å². The van der Waals surface area contributed by atoms with Gasteiger partial charge in [-0.2, -0.15) is 0 Å². The zero-order valence-electron chi connectivity index (χ0n) is 13.6. The Labute approximate surface area is 154 Å². The van der Waals surface area contributed by atoms with E-state index in [1.807, 2.05) is 12.1 Å². The van der Waals surface area contributed by atoms with Gasteiger partial charge in [-0.05, 0) is 24.6 Å². The van der Waals surface area contributed by atoms with Gasteiger partial charge in [0.2, 0.25) is 0 Å². The van der Waals surface area contributed by atoms with Crippen LogP contribution in [-0.4, -0.2) is 45.8 Å². The summed E-state index contributed by atoms with van der Waals surface area (Å²) >= 11 is 12.2. The van der Waals surface area contributed by atoms with Gasteiger partial charge < -0.3 is 15.2 Å². The van der Waals surface area contributed by atoms with Crippen LogP contribution in [0.3, 0.4) is 0 Å². The summed E-state index contributed by atoms with van der Waals surface area (Å²) in [7, 11) is 0. The van der Waals surface area contributed by atoms with Crippen LogP contribution in [0.15, 0.2) is 18.2 Å². The predicted molar refractivity (Wildman–Crippen MR) is 93.2 cm³/mol. The Balaban J connectivity index is 1.88. The highest BCUT2D eigenvalue weighted by Crippen LogP contribution is 2.33. The first-order chi connectivity index (χ1) is 12.0. The Bertz CT molecular complexity index is 781. The Kier molecular flexibility index (Phi) is 5.58. The fourth-order valence-corrected chi connectivity index (χ4v) is 3.27. The maximum absolute atomic E-state index is 11.2. The zero-order valence-corrected chi connectivity index (χ0v) is 15.1. The summed E-state index contributed by atoms with van der Waals surface area (Å²) in [4.78, 5) is 11.2. The third kappa shape index (κ3) is 3.95. The summed E-state index contributed by atoms with van der Waals surface area (Å²) in [6.07, 6.45) is -0.207. The largest absolute Gasteiger partial charge is 0.476 e. The van der Waals surface area contributed by atoms with E-state index in [4.69, 9.17) is 33.0 Å². The van der Waals surface area contributed by atoms with Gasteiger partial charge in [0.25, 0.3) is 0 Å². The van der Waals surface area contributed by atoms with Gasteiger partial charge in [-0.15, -0.1) is 5.10 Å². The molecule has 1 aromatic heterocycles. The van der Waals surface area contributed by atoms with Crippen LogP contribution >= 0.6 is 23.2 Å². The van der Waals surface area contributed by atoms with Crippen LogP contribution < -0.4 is 5.32 Å². The van der Waals surface area contributed by atoms with E-state index in [1.165, 1.54) is 0 Å². The van der Waals surface area contributed by atoms with Gasteiger partial charge in [0.15, 0.2) is 5.69 Å². The van der Waals surface area contributed by atoms with E-state index < -0.39 is 5.97 Å². The van der Waals surface area contributed by atoms with Gasteiger partial charge in [-0.1, -0.05) is 34.5 Å². The second-order valence-corrected chi connectivity index (χ2v) is 6.75. The number of carbonyl (C=O) groups is 1. The third-order valence-corrected chi connectivity index (χ3v) is 5.01. The van der Waals surface area contributed by atoms with Gasteiger partial charge in [-0.25, -0.2) is 9.48 Å². The lowest BCUT2D eigenvalue weighted by molar-refractivity contribution is 0.0239. The number of carboxylic acids is 1. The molecule has 2 heterocycles. The van der Waals surface area contributed by atoms with Crippen molar-refractivity contribution >= 4 is 29.2 Å². The molecule has 25 heavy (non-hydrogen) atoms. The van der Waals surface area contributed by atoms with Crippen LogP contribution in [0, 0.1) is 12.8 Å². The fourth-order valence-electron chi connectivity index (χ4n) is 2.96. The number of aromatic nitrogens is 3. The number of hydrogen-bond donors (Lipinski definition) is 2. The van der Waals surface area contributed by atoms with E-state index in [0.29, 0.717) is 35.4 Å². The molecule has 3 rings (SSSR count). The van der Waals surface area contributed by atoms with Gasteiger partial charge in [-0.3, -0.25) is 0 Å². The van der Waals surface area contributed by atoms with Crippen molar-refractivity contribution in [3.63, 3.8) is 0 Å². The van der Waals surface area contributed by atoms with Crippen LogP contribution in [0.2, 0.25) is 10.0 Å². The van der Waals surface area contributed by atoms with Crippen LogP contribution in [0.4, 0.5) is 0 Å². The van der Waals surface area contributed by atoms with Crippen molar-refractivity contribution in [1.82, 2.24) is 20.3 Å². The molecule has 1 aliphatic rings. The lowest BCUT2D eigenvalue weighted by atomic mass is 9.95. The van der Waals surface area contributed by atoms with E-state index in [9.17, 15) is 4.79 Å². The lowest BCUT2D eigenvalue weighted by Crippen LogP contribution is -2.29. The smallest absolute Gasteiger partial charge is 0.358 e. The molecule has 2 N–H and O–H groups in total. The summed E-state index contributed by atoms with van der Waals surface area (Å²) in [6.45, 7) is 4.18. The number of aromatic carboxylic acids is 1. The minimum absolute atomic E-state index is 0.0294. The van der Waals surface area contributed by atoms with E-state index in [2.05, 4.69) is 15.6 Å². The Morgan fingerprint density at radius 3 is 2.92 bits per heavy atom. The maximum Gasteiger partial charge on any atom is 0.358 e. The summed E-state index contributed by atoms with van der Waals surface area (Å²) in [5, 5.41) is 21.2. The van der Waals surface area contributed by atoms with Gasteiger partial charge in [0.1, 0.15) is 0 Å². The predicted octanol–water partition coefficient (Wildman–Crippen LogP) is 2.57. The molecule has 1 fully saturated rings. The molecule has 7 nitrogen and oxygen atoms in total. The zero-order chi connectivity index (χ0) is 18.0. The number of hydrogen-bond acceptors (Lipinski definition) is 5. The quantitative estimate of drug-likeness (QED) is 0.841. The van der Waals surface area contributed by atoms with Gasteiger partial charge in [0.05, 0.1) is 28.5 Å². The molecule has 1 aliphatic heterocycles. The number of ether oxygens (including phenoxy) is 1. The van der Waals surface area contributed by atoms with Crippen molar-refractivity contribution in [1.29, 1.82) is 0 Å². The lowest BCUT2D eigenvalue weighted by Gasteiger charge is -2.25. The molecule has 134 valence electrons. The molecule has 0 saturated carbocycles. The highest BCUT2D eigenvalue weighted by atomic mass is 35.5. The molecule has 0 bridgehead atoms. The molecule has 0 aliphatic carbocycles. The van der Waals surface area contributed by atoms with Crippen molar-refractivity contribution in [2.75, 3.05) is 19.7 Å². The number of halogens is 2. The summed E-state index contributed by atoms with van der Waals surface area (Å²) in [5.41, 5.74) is 1.41. The second kappa shape index (κ2) is 7.70. The van der Waals surface area contributed by atoms with Crippen molar-refractivity contribution in [3.8, 4) is 0 Å². The first kappa shape index (κ1) is 18.1. The number of carboxylic acid groups (broad SMARTS) is 1. The van der Waals surface area contributed by atoms with E-state index >= 15 is 0 Å². The van der Waals surface area contributed by atoms with Crippen LogP contribution in [0.5, 0.6) is 0 Å². The first-order valence-corrected chi connectivity index (χ1v) is 8.63. The van der Waals surface area contributed by atoms with E-state index in [1.54, 1.807) is 17.7 Å². The molecule has 2 atom stereocenters. The van der Waals surface area contributed by atoms with E-state index in [-0.39, 0.29) is 17.7 Å². The Morgan fingerprint density at radius 1 is 1.44 bits per heavy atom. The molecule has 0 amide bonds. The van der Waals surface area contributed by atoms with Crippen LogP contribution in [0.1, 0.15) is 27.8 Å². The maximum atomic E-state index is 11.2. The first-order valence-electron chi connectivity index (χ1n) is 7.88. The molecule has 2 aromatic rings. The van der Waals surface area contributed by atoms with Gasteiger partial charge in [0, 0.05) is 25.6 Å². The van der Waals surface area contributed by atoms with Crippen molar-refractivity contribution in [2.45, 2.75) is 19.6 Å². The fraction of sp³-hybridized carbons (Fsp3) is 0.438. The Hall–Kier alpha value is -1.67. The number of rotatable bonds is 4. The van der Waals surface area contributed by atoms with Crippen molar-refractivity contribution in [2.24, 2.45) is 5.92 Å². The highest BCUT2D eigenvalue weighted by molar-refractivity contribution is 6.42. The molecule has 1 saturated heterocycles. The van der Waals surface area contributed by atoms with Crippen LogP contribution in [0.25, 0.3) is 0 Å². The summed E-state index contributed by atoms with van der Waals surface area (Å²) in [6, 6.07) is 5.46. The number of nitrogens with one attached hydrogen (secondary N) is 1. The standard InChI is InChI=1S/C16H18Cl2N4O3/c1-9-14(16(23)24)20-21-22(9)8-11-7-19-4-5-25-15(11)10-2-3-12(17)13(18)6-10/h2-3,6,11,15,19H,4-5,7-8H2,1H3,(H,23,24). The SMILES string of the molecule is Cc1c(C(=O)O)nnn1CC1CNCCOC1c1ccc(Cl)c(Cl)c1. The monoisotopic (exact) mass is 384 g/mol. The minimum atomic E-state index is -1.08. The topological polar surface area (TPSA) is 89.3 Å². The van der Waals surface area contributed by atoms with E-state index in [0.717, 1.165) is 12.1 Å². The molecular weight excluding hydrogens is 367 g/mol. The molecule has 9 heteroatoms. The molecular formula is C16H18Cl2N4O3. The third-order valence-electron chi connectivity index (χ3n) is 4.28. The minimum Gasteiger partial charge on any atom is -0.476 e. The molecule has 1 aromatic carbocycles. The molecule has 0 spiro atoms. The Morgan fingerprint density at radius 2 is 2.24 bits per heavy atom. The van der Waals surface area contributed by atoms with Crippen molar-refractivity contribution in [3.05, 3.63) is 45.2 Å². The normalized spacial score (nSPS) is 21.1. The number of benzene rings is 1. The average molecular weight is 385 g/mol. The average Bonchev–Trinajstić information content (AvgIpc) is 2.79. The molecule has 2 unspecified atom stereocenters. The summed E-state index contributed by atoms with van der Waals surface area (Å²) < 4.78 is 7.63. The number of nitrogens with zero attached hydrogens (tertiary/aromatic N) is 3. The highest BCUT2D eigenvalue weighted by Gasteiger charge is 2.28. The second-order valence-electron chi connectivity index (χ2n) is 5.94. The summed E-state index contributed by atoms with van der Waals surface area (Å²) in [5.74, 6) is -1.05. The molecule has 0 radical (unpaired) electrons.